The van der Waals surface area contributed by atoms with Gasteiger partial charge in [0.2, 0.25) is 0 Å². The van der Waals surface area contributed by atoms with E-state index in [0.29, 0.717) is 17.2 Å². The summed E-state index contributed by atoms with van der Waals surface area (Å²) in [6.07, 6.45) is 0. The van der Waals surface area contributed by atoms with Crippen molar-refractivity contribution in [2.45, 2.75) is 39.9 Å². The van der Waals surface area contributed by atoms with E-state index >= 15 is 0 Å². The minimum Gasteiger partial charge on any atom is -0.480 e. The van der Waals surface area contributed by atoms with Gasteiger partial charge in [-0.2, -0.15) is 0 Å². The maximum Gasteiger partial charge on any atom is 0.328 e. The Morgan fingerprint density at radius 1 is 1.19 bits per heavy atom. The number of carbonyl (C=O) groups excluding carboxylic acids is 1. The van der Waals surface area contributed by atoms with Gasteiger partial charge in [0, 0.05) is 24.3 Å². The van der Waals surface area contributed by atoms with Crippen molar-refractivity contribution in [2.75, 3.05) is 18.0 Å². The SMILES string of the molecule is CCN(CC)c1ccc(C(=O)N2Cc3nnc(C)n3CC2C(=O)O)cc1. The molecule has 1 atom stereocenters. The Morgan fingerprint density at radius 2 is 1.85 bits per heavy atom. The molecule has 1 aliphatic rings. The predicted molar refractivity (Wildman–Crippen MR) is 96.1 cm³/mol. The number of hydrogen-bond donors (Lipinski definition) is 1. The summed E-state index contributed by atoms with van der Waals surface area (Å²) in [6, 6.07) is 6.35. The van der Waals surface area contributed by atoms with Gasteiger partial charge in [0.05, 0.1) is 13.1 Å². The molecule has 0 radical (unpaired) electrons. The minimum atomic E-state index is -1.03. The number of anilines is 1. The number of carboxylic acid groups (broad SMARTS) is 1. The average molecular weight is 357 g/mol. The molecular weight excluding hydrogens is 334 g/mol. The number of carbonyl (C=O) groups is 2. The van der Waals surface area contributed by atoms with Crippen molar-refractivity contribution in [1.82, 2.24) is 19.7 Å². The van der Waals surface area contributed by atoms with Crippen LogP contribution in [0.15, 0.2) is 24.3 Å². The molecule has 3 rings (SSSR count). The van der Waals surface area contributed by atoms with Gasteiger partial charge >= 0.3 is 5.97 Å². The lowest BCUT2D eigenvalue weighted by Gasteiger charge is -2.33. The summed E-state index contributed by atoms with van der Waals surface area (Å²) in [4.78, 5) is 28.2. The third-order valence-corrected chi connectivity index (χ3v) is 4.84. The van der Waals surface area contributed by atoms with Gasteiger partial charge in [-0.05, 0) is 45.0 Å². The van der Waals surface area contributed by atoms with Crippen molar-refractivity contribution < 1.29 is 14.7 Å². The Kier molecular flexibility index (Phi) is 4.92. The second-order valence-corrected chi connectivity index (χ2v) is 6.28. The van der Waals surface area contributed by atoms with Crippen molar-refractivity contribution in [3.05, 3.63) is 41.5 Å². The van der Waals surface area contributed by atoms with Gasteiger partial charge in [-0.25, -0.2) is 4.79 Å². The summed E-state index contributed by atoms with van der Waals surface area (Å²) in [5.41, 5.74) is 1.51. The summed E-state index contributed by atoms with van der Waals surface area (Å²) in [5, 5.41) is 17.6. The molecule has 138 valence electrons. The van der Waals surface area contributed by atoms with Crippen LogP contribution in [0, 0.1) is 6.92 Å². The predicted octanol–water partition coefficient (Wildman–Crippen LogP) is 1.54. The molecule has 26 heavy (non-hydrogen) atoms. The highest BCUT2D eigenvalue weighted by atomic mass is 16.4. The van der Waals surface area contributed by atoms with Gasteiger partial charge in [-0.15, -0.1) is 10.2 Å². The Hall–Kier alpha value is -2.90. The molecule has 1 aliphatic heterocycles. The molecular formula is C18H23N5O3. The van der Waals surface area contributed by atoms with Crippen molar-refractivity contribution in [3.8, 4) is 0 Å². The Labute approximate surface area is 152 Å². The molecule has 2 heterocycles. The second-order valence-electron chi connectivity index (χ2n) is 6.28. The van der Waals surface area contributed by atoms with Crippen LogP contribution in [0.25, 0.3) is 0 Å². The summed E-state index contributed by atoms with van der Waals surface area (Å²) >= 11 is 0. The normalized spacial score (nSPS) is 16.3. The lowest BCUT2D eigenvalue weighted by Crippen LogP contribution is -2.50. The molecule has 8 heteroatoms. The third-order valence-electron chi connectivity index (χ3n) is 4.84. The second kappa shape index (κ2) is 7.15. The van der Waals surface area contributed by atoms with Gasteiger partial charge in [0.1, 0.15) is 11.9 Å². The first-order valence-corrected chi connectivity index (χ1v) is 8.73. The number of rotatable bonds is 5. The molecule has 0 saturated carbocycles. The molecule has 0 fully saturated rings. The molecule has 1 aromatic carbocycles. The zero-order valence-corrected chi connectivity index (χ0v) is 15.2. The van der Waals surface area contributed by atoms with Crippen LogP contribution in [0.5, 0.6) is 0 Å². The van der Waals surface area contributed by atoms with E-state index in [2.05, 4.69) is 28.9 Å². The van der Waals surface area contributed by atoms with Gasteiger partial charge in [-0.1, -0.05) is 0 Å². The van der Waals surface area contributed by atoms with Crippen LogP contribution in [-0.4, -0.2) is 55.8 Å². The van der Waals surface area contributed by atoms with Crippen LogP contribution in [0.1, 0.15) is 35.9 Å². The third kappa shape index (κ3) is 3.14. The molecule has 2 aromatic rings. The summed E-state index contributed by atoms with van der Waals surface area (Å²) in [7, 11) is 0. The van der Waals surface area contributed by atoms with Crippen LogP contribution in [-0.2, 0) is 17.9 Å². The van der Waals surface area contributed by atoms with Crippen LogP contribution in [0.2, 0.25) is 0 Å². The highest BCUT2D eigenvalue weighted by Gasteiger charge is 2.36. The van der Waals surface area contributed by atoms with E-state index in [1.165, 1.54) is 4.90 Å². The number of fused-ring (bicyclic) bond motifs is 1. The van der Waals surface area contributed by atoms with E-state index < -0.39 is 12.0 Å². The lowest BCUT2D eigenvalue weighted by atomic mass is 10.1. The average Bonchev–Trinajstić information content (AvgIpc) is 3.02. The monoisotopic (exact) mass is 357 g/mol. The molecule has 1 N–H and O–H groups in total. The molecule has 0 saturated heterocycles. The maximum atomic E-state index is 12.9. The number of carboxylic acids is 1. The number of nitrogens with zero attached hydrogens (tertiary/aromatic N) is 5. The standard InChI is InChI=1S/C18H23N5O3/c1-4-21(5-2)14-8-6-13(7-9-14)17(24)23-11-16-20-19-12(3)22(16)10-15(23)18(25)26/h6-9,15H,4-5,10-11H2,1-3H3,(H,25,26). The molecule has 1 unspecified atom stereocenters. The van der Waals surface area contributed by atoms with E-state index in [4.69, 9.17) is 0 Å². The molecule has 0 aliphatic carbocycles. The molecule has 1 aromatic heterocycles. The largest absolute Gasteiger partial charge is 0.480 e. The first kappa shape index (κ1) is 17.9. The number of aliphatic carboxylic acids is 1. The zero-order chi connectivity index (χ0) is 18.8. The first-order valence-electron chi connectivity index (χ1n) is 8.73. The van der Waals surface area contributed by atoms with Crippen LogP contribution >= 0.6 is 0 Å². The van der Waals surface area contributed by atoms with Crippen LogP contribution < -0.4 is 4.90 Å². The van der Waals surface area contributed by atoms with Gasteiger partial charge in [0.25, 0.3) is 5.91 Å². The zero-order valence-electron chi connectivity index (χ0n) is 15.2. The molecule has 1 amide bonds. The van der Waals surface area contributed by atoms with Crippen molar-refractivity contribution in [1.29, 1.82) is 0 Å². The Morgan fingerprint density at radius 3 is 2.42 bits per heavy atom. The van der Waals surface area contributed by atoms with Gasteiger partial charge in [0.15, 0.2) is 5.82 Å². The number of hydrogen-bond acceptors (Lipinski definition) is 5. The fourth-order valence-electron chi connectivity index (χ4n) is 3.31. The number of aryl methyl sites for hydroxylation is 1. The smallest absolute Gasteiger partial charge is 0.328 e. The highest BCUT2D eigenvalue weighted by molar-refractivity contribution is 5.97. The van der Waals surface area contributed by atoms with E-state index in [1.807, 2.05) is 12.1 Å². The quantitative estimate of drug-likeness (QED) is 0.873. The summed E-state index contributed by atoms with van der Waals surface area (Å²) < 4.78 is 1.76. The summed E-state index contributed by atoms with van der Waals surface area (Å²) in [6.45, 7) is 7.98. The van der Waals surface area contributed by atoms with E-state index in [9.17, 15) is 14.7 Å². The van der Waals surface area contributed by atoms with E-state index in [1.54, 1.807) is 23.6 Å². The Bertz CT molecular complexity index is 811. The fraction of sp³-hybridized carbons (Fsp3) is 0.444. The van der Waals surface area contributed by atoms with Gasteiger partial charge in [-0.3, -0.25) is 4.79 Å². The van der Waals surface area contributed by atoms with E-state index in [0.717, 1.165) is 18.8 Å². The van der Waals surface area contributed by atoms with Crippen LogP contribution in [0.4, 0.5) is 5.69 Å². The molecule has 0 bridgehead atoms. The van der Waals surface area contributed by atoms with Crippen LogP contribution in [0.3, 0.4) is 0 Å². The van der Waals surface area contributed by atoms with E-state index in [-0.39, 0.29) is 19.0 Å². The number of amides is 1. The summed E-state index contributed by atoms with van der Waals surface area (Å²) in [5.74, 6) is -0.0812. The number of aromatic nitrogens is 3. The first-order chi connectivity index (χ1) is 12.5. The highest BCUT2D eigenvalue weighted by Crippen LogP contribution is 2.22. The Balaban J connectivity index is 1.87. The minimum absolute atomic E-state index is 0.133. The fourth-order valence-corrected chi connectivity index (χ4v) is 3.31. The lowest BCUT2D eigenvalue weighted by molar-refractivity contribution is -0.143. The molecule has 0 spiro atoms. The van der Waals surface area contributed by atoms with Crippen molar-refractivity contribution in [2.24, 2.45) is 0 Å². The molecule has 8 nitrogen and oxygen atoms in total. The number of benzene rings is 1. The van der Waals surface area contributed by atoms with Gasteiger partial charge < -0.3 is 19.5 Å². The topological polar surface area (TPSA) is 91.6 Å². The van der Waals surface area contributed by atoms with Crippen molar-refractivity contribution >= 4 is 17.6 Å². The van der Waals surface area contributed by atoms with Crippen molar-refractivity contribution in [3.63, 3.8) is 0 Å². The maximum absolute atomic E-state index is 12.9.